The van der Waals surface area contributed by atoms with E-state index in [1.54, 1.807) is 9.80 Å². The Morgan fingerprint density at radius 2 is 1.81 bits per heavy atom. The monoisotopic (exact) mass is 358 g/mol. The molecule has 1 N–H and O–H groups in total. The zero-order valence-corrected chi connectivity index (χ0v) is 16.5. The van der Waals surface area contributed by atoms with E-state index in [0.717, 1.165) is 24.0 Å². The van der Waals surface area contributed by atoms with Gasteiger partial charge in [-0.15, -0.1) is 0 Å². The minimum atomic E-state index is -0.160. The Hall–Kier alpha value is -2.04. The van der Waals surface area contributed by atoms with Gasteiger partial charge in [-0.1, -0.05) is 33.8 Å². The van der Waals surface area contributed by atoms with Crippen molar-refractivity contribution in [2.24, 2.45) is 5.92 Å². The second kappa shape index (κ2) is 6.93. The van der Waals surface area contributed by atoms with Crippen LogP contribution in [0.2, 0.25) is 0 Å². The number of hydrogen-bond donors (Lipinski definition) is 1. The Morgan fingerprint density at radius 3 is 2.42 bits per heavy atom. The highest BCUT2D eigenvalue weighted by Gasteiger charge is 2.40. The average Bonchev–Trinajstić information content (AvgIpc) is 2.87. The second-order valence-corrected chi connectivity index (χ2v) is 8.40. The van der Waals surface area contributed by atoms with E-state index in [9.17, 15) is 14.7 Å². The molecule has 4 rings (SSSR count). The van der Waals surface area contributed by atoms with Crippen LogP contribution in [0.5, 0.6) is 5.75 Å². The van der Waals surface area contributed by atoms with Crippen LogP contribution in [-0.2, 0) is 4.79 Å². The maximum absolute atomic E-state index is 13.3. The van der Waals surface area contributed by atoms with Crippen molar-refractivity contribution in [1.29, 1.82) is 0 Å². The van der Waals surface area contributed by atoms with Crippen molar-refractivity contribution in [2.75, 3.05) is 20.1 Å². The van der Waals surface area contributed by atoms with Gasteiger partial charge in [-0.2, -0.15) is 0 Å². The van der Waals surface area contributed by atoms with Crippen LogP contribution < -0.4 is 0 Å². The lowest BCUT2D eigenvalue weighted by Gasteiger charge is -2.32. The molecule has 3 aliphatic rings. The van der Waals surface area contributed by atoms with E-state index in [2.05, 4.69) is 13.8 Å². The number of amides is 2. The number of aromatic hydroxyl groups is 1. The van der Waals surface area contributed by atoms with E-state index in [1.807, 2.05) is 33.0 Å². The van der Waals surface area contributed by atoms with Crippen molar-refractivity contribution in [2.45, 2.75) is 58.4 Å². The third-order valence-electron chi connectivity index (χ3n) is 5.93. The van der Waals surface area contributed by atoms with Crippen LogP contribution in [0.15, 0.2) is 12.1 Å². The van der Waals surface area contributed by atoms with Gasteiger partial charge in [-0.05, 0) is 41.9 Å². The maximum atomic E-state index is 13.3. The number of carbonyl (C=O) groups is 2. The molecule has 2 bridgehead atoms. The SMILES string of the molecule is CC(C)c1cc(C(=O)N2C[C@H]3CC[C@@H](C2)N(C)C3=O)c(O)c(C(C)C)c1. The molecule has 3 fully saturated rings. The summed E-state index contributed by atoms with van der Waals surface area (Å²) in [4.78, 5) is 29.3. The summed E-state index contributed by atoms with van der Waals surface area (Å²) >= 11 is 0. The van der Waals surface area contributed by atoms with Crippen molar-refractivity contribution in [3.05, 3.63) is 28.8 Å². The number of piperidine rings is 1. The predicted octanol–water partition coefficient (Wildman–Crippen LogP) is 3.33. The Morgan fingerprint density at radius 1 is 1.12 bits per heavy atom. The molecule has 1 aromatic carbocycles. The quantitative estimate of drug-likeness (QED) is 0.901. The molecule has 1 aromatic rings. The van der Waals surface area contributed by atoms with Crippen LogP contribution in [0.4, 0.5) is 0 Å². The molecule has 3 aliphatic heterocycles. The minimum absolute atomic E-state index is 0.0743. The molecule has 5 heteroatoms. The molecule has 2 amide bonds. The van der Waals surface area contributed by atoms with Crippen LogP contribution in [0.25, 0.3) is 0 Å². The number of phenols is 1. The van der Waals surface area contributed by atoms with Gasteiger partial charge < -0.3 is 14.9 Å². The first-order valence-corrected chi connectivity index (χ1v) is 9.63. The van der Waals surface area contributed by atoms with Gasteiger partial charge in [0.05, 0.1) is 11.5 Å². The standard InChI is InChI=1S/C21H30N2O3/c1-12(2)15-8-17(13(3)4)19(24)18(9-15)21(26)23-10-14-6-7-16(11-23)22(5)20(14)25/h8-9,12-14,16,24H,6-7,10-11H2,1-5H3/t14-,16+/m1/s1. The summed E-state index contributed by atoms with van der Waals surface area (Å²) in [5, 5.41) is 10.8. The molecule has 0 spiro atoms. The van der Waals surface area contributed by atoms with E-state index < -0.39 is 0 Å². The predicted molar refractivity (Wildman–Crippen MR) is 101 cm³/mol. The summed E-state index contributed by atoms with van der Waals surface area (Å²) in [5.74, 6) is 0.348. The highest BCUT2D eigenvalue weighted by Crippen LogP contribution is 2.35. The number of hydrogen-bond acceptors (Lipinski definition) is 3. The number of nitrogens with zero attached hydrogens (tertiary/aromatic N) is 2. The van der Waals surface area contributed by atoms with Crippen molar-refractivity contribution >= 4 is 11.8 Å². The Balaban J connectivity index is 1.98. The second-order valence-electron chi connectivity index (χ2n) is 8.40. The van der Waals surface area contributed by atoms with Crippen LogP contribution in [-0.4, -0.2) is 52.9 Å². The van der Waals surface area contributed by atoms with Crippen molar-refractivity contribution in [3.8, 4) is 5.75 Å². The first kappa shape index (κ1) is 18.7. The molecule has 0 aliphatic carbocycles. The minimum Gasteiger partial charge on any atom is -0.507 e. The zero-order valence-electron chi connectivity index (χ0n) is 16.5. The van der Waals surface area contributed by atoms with Crippen molar-refractivity contribution < 1.29 is 14.7 Å². The van der Waals surface area contributed by atoms with Crippen LogP contribution >= 0.6 is 0 Å². The van der Waals surface area contributed by atoms with Crippen LogP contribution in [0.1, 0.15) is 73.9 Å². The molecular formula is C21H30N2O3. The Kier molecular flexibility index (Phi) is 5.00. The Labute approximate surface area is 156 Å². The summed E-state index contributed by atoms with van der Waals surface area (Å²) in [7, 11) is 1.83. The number of benzene rings is 1. The first-order chi connectivity index (χ1) is 12.2. The fourth-order valence-corrected chi connectivity index (χ4v) is 4.11. The van der Waals surface area contributed by atoms with Gasteiger partial charge in [0.15, 0.2) is 0 Å². The highest BCUT2D eigenvalue weighted by molar-refractivity contribution is 5.98. The van der Waals surface area contributed by atoms with E-state index in [-0.39, 0.29) is 41.4 Å². The normalized spacial score (nSPS) is 23.1. The smallest absolute Gasteiger partial charge is 0.257 e. The number of fused-ring (bicyclic) bond motifs is 4. The topological polar surface area (TPSA) is 60.9 Å². The largest absolute Gasteiger partial charge is 0.507 e. The Bertz CT molecular complexity index is 726. The molecule has 142 valence electrons. The zero-order chi connectivity index (χ0) is 19.2. The molecule has 5 nitrogen and oxygen atoms in total. The first-order valence-electron chi connectivity index (χ1n) is 9.63. The van der Waals surface area contributed by atoms with Gasteiger partial charge in [0.2, 0.25) is 5.91 Å². The summed E-state index contributed by atoms with van der Waals surface area (Å²) in [6, 6.07) is 3.91. The van der Waals surface area contributed by atoms with Crippen molar-refractivity contribution in [1.82, 2.24) is 9.80 Å². The molecule has 26 heavy (non-hydrogen) atoms. The molecule has 0 aromatic heterocycles. The highest BCUT2D eigenvalue weighted by atomic mass is 16.3. The lowest BCUT2D eigenvalue weighted by Crippen LogP contribution is -2.45. The number of carbonyl (C=O) groups excluding carboxylic acids is 2. The molecule has 0 radical (unpaired) electrons. The molecule has 0 unspecified atom stereocenters. The van der Waals surface area contributed by atoms with E-state index in [1.165, 1.54) is 0 Å². The maximum Gasteiger partial charge on any atom is 0.257 e. The molecule has 3 saturated heterocycles. The van der Waals surface area contributed by atoms with Gasteiger partial charge in [-0.3, -0.25) is 9.59 Å². The summed E-state index contributed by atoms with van der Waals surface area (Å²) in [5.41, 5.74) is 2.24. The van der Waals surface area contributed by atoms with E-state index in [0.29, 0.717) is 18.7 Å². The third kappa shape index (κ3) is 3.19. The van der Waals surface area contributed by atoms with E-state index in [4.69, 9.17) is 0 Å². The van der Waals surface area contributed by atoms with E-state index >= 15 is 0 Å². The van der Waals surface area contributed by atoms with Crippen molar-refractivity contribution in [3.63, 3.8) is 0 Å². The molecule has 0 saturated carbocycles. The van der Waals surface area contributed by atoms with Gasteiger partial charge in [0.25, 0.3) is 5.91 Å². The average molecular weight is 358 g/mol. The lowest BCUT2D eigenvalue weighted by molar-refractivity contribution is -0.138. The third-order valence-corrected chi connectivity index (χ3v) is 5.93. The number of rotatable bonds is 3. The summed E-state index contributed by atoms with van der Waals surface area (Å²) in [6.45, 7) is 9.20. The van der Waals surface area contributed by atoms with Gasteiger partial charge >= 0.3 is 0 Å². The molecule has 3 heterocycles. The van der Waals surface area contributed by atoms with Crippen LogP contribution in [0.3, 0.4) is 0 Å². The number of phenolic OH excluding ortho intramolecular Hbond substituents is 1. The fraction of sp³-hybridized carbons (Fsp3) is 0.619. The number of likely N-dealkylation sites (N-methyl/N-ethyl adjacent to an activating group) is 1. The lowest BCUT2D eigenvalue weighted by atomic mass is 9.91. The van der Waals surface area contributed by atoms with Crippen LogP contribution in [0, 0.1) is 5.92 Å². The molecular weight excluding hydrogens is 328 g/mol. The fourth-order valence-electron chi connectivity index (χ4n) is 4.11. The van der Waals surface area contributed by atoms with Gasteiger partial charge in [0.1, 0.15) is 5.75 Å². The van der Waals surface area contributed by atoms with Gasteiger partial charge in [0, 0.05) is 26.2 Å². The summed E-state index contributed by atoms with van der Waals surface area (Å²) < 4.78 is 0. The van der Waals surface area contributed by atoms with Gasteiger partial charge in [-0.25, -0.2) is 0 Å². The summed E-state index contributed by atoms with van der Waals surface area (Å²) in [6.07, 6.45) is 1.78. The molecule has 2 atom stereocenters.